The molecular weight excluding hydrogens is 597 g/mol. The molecule has 0 radical (unpaired) electrons. The first-order chi connectivity index (χ1) is 20.6. The van der Waals surface area contributed by atoms with E-state index in [2.05, 4.69) is 15.6 Å². The zero-order valence-electron chi connectivity index (χ0n) is 25.3. The molecule has 1 aromatic heterocycles. The van der Waals surface area contributed by atoms with Crippen molar-refractivity contribution in [2.45, 2.75) is 42.6 Å². The van der Waals surface area contributed by atoms with Crippen molar-refractivity contribution in [3.05, 3.63) is 65.9 Å². The van der Waals surface area contributed by atoms with Crippen LogP contribution in [0.2, 0.25) is 0 Å². The van der Waals surface area contributed by atoms with Gasteiger partial charge in [0.05, 0.1) is 35.4 Å². The molecule has 2 heterocycles. The number of morpholine rings is 1. The highest BCUT2D eigenvalue weighted by atomic mass is 32.2. The summed E-state index contributed by atoms with van der Waals surface area (Å²) in [6.45, 7) is 7.10. The van der Waals surface area contributed by atoms with Gasteiger partial charge in [0, 0.05) is 37.0 Å². The largest absolute Gasteiger partial charge is 0.417 e. The number of hydrogen-bond acceptors (Lipinski definition) is 8. The number of anilines is 2. The lowest BCUT2D eigenvalue weighted by molar-refractivity contribution is -0.139. The molecule has 0 aliphatic carbocycles. The van der Waals surface area contributed by atoms with Crippen molar-refractivity contribution in [1.29, 1.82) is 0 Å². The van der Waals surface area contributed by atoms with Crippen molar-refractivity contribution in [2.75, 3.05) is 57.2 Å². The summed E-state index contributed by atoms with van der Waals surface area (Å²) in [6, 6.07) is 11.9. The van der Waals surface area contributed by atoms with E-state index in [4.69, 9.17) is 9.72 Å². The Morgan fingerprint density at radius 3 is 2.41 bits per heavy atom. The van der Waals surface area contributed by atoms with Crippen LogP contribution in [-0.4, -0.2) is 82.3 Å². The van der Waals surface area contributed by atoms with Gasteiger partial charge >= 0.3 is 12.2 Å². The maximum atomic E-state index is 13.9. The lowest BCUT2D eigenvalue weighted by atomic mass is 10.1. The number of carbonyl (C=O) groups excluding carboxylic acids is 1. The number of hydrogen-bond donors (Lipinski definition) is 2. The molecule has 1 aliphatic heterocycles. The molecule has 0 saturated carbocycles. The van der Waals surface area contributed by atoms with E-state index in [9.17, 15) is 26.4 Å². The third kappa shape index (κ3) is 7.30. The van der Waals surface area contributed by atoms with Gasteiger partial charge in [-0.05, 0) is 71.3 Å². The molecule has 44 heavy (non-hydrogen) atoms. The Labute approximate surface area is 255 Å². The average molecular weight is 635 g/mol. The number of likely N-dealkylation sites (N-methyl/N-ethyl adjacent to an activating group) is 1. The minimum atomic E-state index is -4.87. The van der Waals surface area contributed by atoms with Gasteiger partial charge < -0.3 is 25.2 Å². The van der Waals surface area contributed by atoms with E-state index in [0.717, 1.165) is 18.2 Å². The number of nitrogens with zero attached hydrogens (tertiary/aromatic N) is 4. The third-order valence-electron chi connectivity index (χ3n) is 7.39. The summed E-state index contributed by atoms with van der Waals surface area (Å²) in [5, 5.41) is 5.51. The summed E-state index contributed by atoms with van der Waals surface area (Å²) in [5.74, 6) is 0.612. The summed E-state index contributed by atoms with van der Waals surface area (Å²) in [4.78, 5) is 24.6. The molecule has 1 aliphatic rings. The van der Waals surface area contributed by atoms with Gasteiger partial charge in [-0.1, -0.05) is 12.1 Å². The Kier molecular flexibility index (Phi) is 9.86. The highest BCUT2D eigenvalue weighted by Crippen LogP contribution is 2.41. The molecule has 4 rings (SSSR count). The normalized spacial score (nSPS) is 16.2. The van der Waals surface area contributed by atoms with E-state index >= 15 is 0 Å². The second kappa shape index (κ2) is 13.1. The molecular formula is C30H37F3N6O4S. The van der Waals surface area contributed by atoms with Crippen molar-refractivity contribution in [3.8, 4) is 11.4 Å². The maximum Gasteiger partial charge on any atom is 0.417 e. The Hall–Kier alpha value is -3.75. The highest BCUT2D eigenvalue weighted by molar-refractivity contribution is 7.92. The molecule has 3 aromatic rings. The van der Waals surface area contributed by atoms with Crippen molar-refractivity contribution in [2.24, 2.45) is 0 Å². The standard InChI is InChI=1S/C30H37F3N6O4S/c1-20-19-43-17-16-39(20)26-18-25(29(2,3)44(41,42)24-9-7-6-8-23(24)30(31,32)33)36-27(37-26)21-10-12-22(13-11-21)35-28(40)34-14-15-38(4)5/h6-13,18,20H,14-17,19H2,1-5H3,(H2,34,35,40)/t20-/m0/s1. The summed E-state index contributed by atoms with van der Waals surface area (Å²) < 4.78 is 73.2. The monoisotopic (exact) mass is 634 g/mol. The van der Waals surface area contributed by atoms with Crippen LogP contribution >= 0.6 is 0 Å². The Bertz CT molecular complexity index is 1580. The van der Waals surface area contributed by atoms with Gasteiger partial charge in [-0.25, -0.2) is 23.2 Å². The van der Waals surface area contributed by atoms with Gasteiger partial charge in [0.2, 0.25) is 0 Å². The summed E-state index contributed by atoms with van der Waals surface area (Å²) in [6.07, 6.45) is -4.87. The van der Waals surface area contributed by atoms with Crippen LogP contribution in [-0.2, 0) is 25.5 Å². The van der Waals surface area contributed by atoms with Gasteiger partial charge in [-0.3, -0.25) is 0 Å². The Balaban J connectivity index is 1.74. The second-order valence-corrected chi connectivity index (χ2v) is 13.8. The number of urea groups is 1. The minimum absolute atomic E-state index is 0.0376. The molecule has 14 heteroatoms. The number of amides is 2. The molecule has 2 aromatic carbocycles. The highest BCUT2D eigenvalue weighted by Gasteiger charge is 2.45. The maximum absolute atomic E-state index is 13.9. The Morgan fingerprint density at radius 2 is 1.77 bits per heavy atom. The first-order valence-electron chi connectivity index (χ1n) is 14.1. The van der Waals surface area contributed by atoms with Gasteiger partial charge in [-0.15, -0.1) is 0 Å². The first kappa shape index (κ1) is 33.1. The number of aromatic nitrogens is 2. The van der Waals surface area contributed by atoms with E-state index in [-0.39, 0.29) is 23.6 Å². The number of halogens is 3. The molecule has 0 bridgehead atoms. The fraction of sp³-hybridized carbons (Fsp3) is 0.433. The topological polar surface area (TPSA) is 117 Å². The molecule has 2 amide bonds. The number of rotatable bonds is 9. The Morgan fingerprint density at radius 1 is 1.09 bits per heavy atom. The molecule has 238 valence electrons. The van der Waals surface area contributed by atoms with Crippen molar-refractivity contribution >= 4 is 27.4 Å². The number of carbonyl (C=O) groups is 1. The van der Waals surface area contributed by atoms with Crippen LogP contribution in [0.3, 0.4) is 0 Å². The van der Waals surface area contributed by atoms with E-state index < -0.39 is 31.2 Å². The first-order valence-corrected chi connectivity index (χ1v) is 15.5. The number of nitrogens with one attached hydrogen (secondary N) is 2. The van der Waals surface area contributed by atoms with Crippen LogP contribution in [0.1, 0.15) is 32.0 Å². The molecule has 0 spiro atoms. The lowest BCUT2D eigenvalue weighted by Crippen LogP contribution is -2.44. The van der Waals surface area contributed by atoms with Crippen molar-refractivity contribution in [3.63, 3.8) is 0 Å². The lowest BCUT2D eigenvalue weighted by Gasteiger charge is -2.35. The summed E-state index contributed by atoms with van der Waals surface area (Å²) in [5.41, 5.74) is -0.161. The van der Waals surface area contributed by atoms with Gasteiger partial charge in [0.25, 0.3) is 0 Å². The van der Waals surface area contributed by atoms with Crippen molar-refractivity contribution in [1.82, 2.24) is 20.2 Å². The SMILES string of the molecule is C[C@H]1COCCN1c1cc(C(C)(C)S(=O)(=O)c2ccccc2C(F)(F)F)nc(-c2ccc(NC(=O)NCCN(C)C)cc2)n1. The molecule has 1 atom stereocenters. The fourth-order valence-electron chi connectivity index (χ4n) is 4.71. The number of alkyl halides is 3. The van der Waals surface area contributed by atoms with Crippen LogP contribution in [0.4, 0.5) is 29.5 Å². The fourth-order valence-corrected chi connectivity index (χ4v) is 6.37. The van der Waals surface area contributed by atoms with Crippen LogP contribution in [0, 0.1) is 0 Å². The van der Waals surface area contributed by atoms with Crippen LogP contribution in [0.15, 0.2) is 59.5 Å². The number of ether oxygens (including phenoxy) is 1. The van der Waals surface area contributed by atoms with E-state index in [1.54, 1.807) is 24.3 Å². The zero-order valence-corrected chi connectivity index (χ0v) is 26.1. The quantitative estimate of drug-likeness (QED) is 0.346. The summed E-state index contributed by atoms with van der Waals surface area (Å²) >= 11 is 0. The predicted molar refractivity (Wildman–Crippen MR) is 162 cm³/mol. The number of sulfone groups is 1. The van der Waals surface area contributed by atoms with Gasteiger partial charge in [0.15, 0.2) is 15.7 Å². The molecule has 10 nitrogen and oxygen atoms in total. The minimum Gasteiger partial charge on any atom is -0.377 e. The van der Waals surface area contributed by atoms with Crippen LogP contribution < -0.4 is 15.5 Å². The molecule has 1 fully saturated rings. The van der Waals surface area contributed by atoms with E-state index in [1.165, 1.54) is 26.0 Å². The molecule has 1 saturated heterocycles. The second-order valence-electron chi connectivity index (χ2n) is 11.3. The smallest absolute Gasteiger partial charge is 0.377 e. The predicted octanol–water partition coefficient (Wildman–Crippen LogP) is 4.78. The van der Waals surface area contributed by atoms with Crippen molar-refractivity contribution < 1.29 is 31.1 Å². The average Bonchev–Trinajstić information content (AvgIpc) is 2.97. The van der Waals surface area contributed by atoms with Crippen LogP contribution in [0.25, 0.3) is 11.4 Å². The van der Waals surface area contributed by atoms with E-state index in [0.29, 0.717) is 49.9 Å². The number of benzene rings is 2. The van der Waals surface area contributed by atoms with E-state index in [1.807, 2.05) is 30.8 Å². The summed E-state index contributed by atoms with van der Waals surface area (Å²) in [7, 11) is -0.807. The molecule has 2 N–H and O–H groups in total. The zero-order chi connectivity index (χ0) is 32.3. The third-order valence-corrected chi connectivity index (χ3v) is 9.88. The van der Waals surface area contributed by atoms with Gasteiger partial charge in [-0.2, -0.15) is 13.2 Å². The van der Waals surface area contributed by atoms with Crippen LogP contribution in [0.5, 0.6) is 0 Å². The van der Waals surface area contributed by atoms with Gasteiger partial charge in [0.1, 0.15) is 10.6 Å². The molecule has 0 unspecified atom stereocenters.